The van der Waals surface area contributed by atoms with E-state index in [9.17, 15) is 14.4 Å². The molecule has 0 rings (SSSR count). The number of rotatable bonds is 7. The molecule has 7 heteroatoms. The van der Waals surface area contributed by atoms with E-state index in [1.165, 1.54) is 0 Å². The lowest BCUT2D eigenvalue weighted by molar-refractivity contribution is -0.150. The summed E-state index contributed by atoms with van der Waals surface area (Å²) in [4.78, 5) is 33.3. The summed E-state index contributed by atoms with van der Waals surface area (Å²) in [7, 11) is 0. The SMILES string of the molecule is CC(C)(NC(=O)NCCCC(N)=O)C(C)(C)C(=O)O. The van der Waals surface area contributed by atoms with Gasteiger partial charge in [-0.2, -0.15) is 0 Å². The standard InChI is InChI=1S/C12H23N3O4/c1-11(2,9(17)18)12(3,4)15-10(19)14-7-5-6-8(13)16/h5-7H2,1-4H3,(H2,13,16)(H,17,18)(H2,14,15,19). The summed E-state index contributed by atoms with van der Waals surface area (Å²) in [6.07, 6.45) is 0.649. The second kappa shape index (κ2) is 6.40. The van der Waals surface area contributed by atoms with E-state index in [1.54, 1.807) is 27.7 Å². The minimum absolute atomic E-state index is 0.199. The monoisotopic (exact) mass is 273 g/mol. The zero-order valence-corrected chi connectivity index (χ0v) is 11.9. The smallest absolute Gasteiger partial charge is 0.315 e. The molecule has 0 aliphatic heterocycles. The van der Waals surface area contributed by atoms with Gasteiger partial charge in [0.15, 0.2) is 0 Å². The van der Waals surface area contributed by atoms with Crippen LogP contribution in [0.2, 0.25) is 0 Å². The molecule has 0 aliphatic carbocycles. The maximum Gasteiger partial charge on any atom is 0.315 e. The number of carboxylic acid groups (broad SMARTS) is 1. The number of carbonyl (C=O) groups is 3. The third-order valence-electron chi connectivity index (χ3n) is 3.41. The number of urea groups is 1. The first-order valence-electron chi connectivity index (χ1n) is 6.08. The van der Waals surface area contributed by atoms with Gasteiger partial charge in [-0.15, -0.1) is 0 Å². The highest BCUT2D eigenvalue weighted by Gasteiger charge is 2.44. The number of hydrogen-bond acceptors (Lipinski definition) is 3. The van der Waals surface area contributed by atoms with Gasteiger partial charge in [-0.05, 0) is 34.1 Å². The summed E-state index contributed by atoms with van der Waals surface area (Å²) in [6, 6.07) is -0.469. The molecule has 5 N–H and O–H groups in total. The molecule has 0 heterocycles. The average molecular weight is 273 g/mol. The van der Waals surface area contributed by atoms with Crippen LogP contribution in [0.5, 0.6) is 0 Å². The van der Waals surface area contributed by atoms with Crippen LogP contribution >= 0.6 is 0 Å². The summed E-state index contributed by atoms with van der Waals surface area (Å²) in [5.41, 5.74) is 2.93. The molecule has 19 heavy (non-hydrogen) atoms. The lowest BCUT2D eigenvalue weighted by atomic mass is 9.74. The Kier molecular flexibility index (Phi) is 5.80. The Hall–Kier alpha value is -1.79. The van der Waals surface area contributed by atoms with E-state index in [0.29, 0.717) is 13.0 Å². The molecule has 0 spiro atoms. The first-order chi connectivity index (χ1) is 8.50. The topological polar surface area (TPSA) is 122 Å². The molecule has 0 aromatic carbocycles. The molecule has 110 valence electrons. The summed E-state index contributed by atoms with van der Waals surface area (Å²) in [5.74, 6) is -1.42. The lowest BCUT2D eigenvalue weighted by Crippen LogP contribution is -2.59. The summed E-state index contributed by atoms with van der Waals surface area (Å²) < 4.78 is 0. The summed E-state index contributed by atoms with van der Waals surface area (Å²) in [5, 5.41) is 14.3. The van der Waals surface area contributed by atoms with Crippen LogP contribution in [-0.4, -0.2) is 35.1 Å². The second-order valence-corrected chi connectivity index (χ2v) is 5.51. The minimum atomic E-state index is -1.11. The number of amides is 3. The van der Waals surface area contributed by atoms with Crippen LogP contribution in [0.15, 0.2) is 0 Å². The van der Waals surface area contributed by atoms with Crippen molar-refractivity contribution in [1.82, 2.24) is 10.6 Å². The Morgan fingerprint density at radius 3 is 2.11 bits per heavy atom. The van der Waals surface area contributed by atoms with Gasteiger partial charge in [-0.1, -0.05) is 0 Å². The van der Waals surface area contributed by atoms with E-state index in [4.69, 9.17) is 10.8 Å². The second-order valence-electron chi connectivity index (χ2n) is 5.51. The van der Waals surface area contributed by atoms with Crippen molar-refractivity contribution < 1.29 is 19.5 Å². The molecule has 7 nitrogen and oxygen atoms in total. The number of nitrogens with two attached hydrogens (primary N) is 1. The minimum Gasteiger partial charge on any atom is -0.481 e. The van der Waals surface area contributed by atoms with Gasteiger partial charge in [0.2, 0.25) is 5.91 Å². The van der Waals surface area contributed by atoms with Crippen molar-refractivity contribution in [3.8, 4) is 0 Å². The fraction of sp³-hybridized carbons (Fsp3) is 0.750. The number of carbonyl (C=O) groups excluding carboxylic acids is 2. The largest absolute Gasteiger partial charge is 0.481 e. The Morgan fingerprint density at radius 1 is 1.16 bits per heavy atom. The van der Waals surface area contributed by atoms with Gasteiger partial charge < -0.3 is 21.5 Å². The van der Waals surface area contributed by atoms with E-state index in [0.717, 1.165) is 0 Å². The van der Waals surface area contributed by atoms with E-state index in [-0.39, 0.29) is 6.42 Å². The van der Waals surface area contributed by atoms with Crippen molar-refractivity contribution in [3.05, 3.63) is 0 Å². The predicted octanol–water partition coefficient (Wildman–Crippen LogP) is 0.441. The quantitative estimate of drug-likeness (QED) is 0.503. The van der Waals surface area contributed by atoms with E-state index >= 15 is 0 Å². The number of aliphatic carboxylic acids is 1. The van der Waals surface area contributed by atoms with Gasteiger partial charge >= 0.3 is 12.0 Å². The van der Waals surface area contributed by atoms with Crippen molar-refractivity contribution in [2.75, 3.05) is 6.54 Å². The van der Waals surface area contributed by atoms with Gasteiger partial charge in [0.25, 0.3) is 0 Å². The van der Waals surface area contributed by atoms with Gasteiger partial charge in [0.1, 0.15) is 0 Å². The fourth-order valence-electron chi connectivity index (χ4n) is 1.22. The third-order valence-corrected chi connectivity index (χ3v) is 3.41. The fourth-order valence-corrected chi connectivity index (χ4v) is 1.22. The first-order valence-corrected chi connectivity index (χ1v) is 6.08. The Balaban J connectivity index is 4.32. The maximum atomic E-state index is 11.6. The Labute approximate surface area is 112 Å². The molecule has 0 saturated heterocycles. The first kappa shape index (κ1) is 17.2. The number of hydrogen-bond donors (Lipinski definition) is 4. The molecule has 0 atom stereocenters. The molecule has 0 saturated carbocycles. The highest BCUT2D eigenvalue weighted by atomic mass is 16.4. The van der Waals surface area contributed by atoms with E-state index < -0.39 is 28.9 Å². The molecule has 0 aromatic heterocycles. The highest BCUT2D eigenvalue weighted by Crippen LogP contribution is 2.30. The third kappa shape index (κ3) is 5.15. The van der Waals surface area contributed by atoms with Crippen molar-refractivity contribution >= 4 is 17.9 Å². The van der Waals surface area contributed by atoms with Crippen LogP contribution in [0, 0.1) is 5.41 Å². The van der Waals surface area contributed by atoms with Crippen molar-refractivity contribution in [2.45, 2.75) is 46.1 Å². The molecular weight excluding hydrogens is 250 g/mol. The van der Waals surface area contributed by atoms with Gasteiger partial charge in [0.05, 0.1) is 11.0 Å². The van der Waals surface area contributed by atoms with Crippen LogP contribution in [0.1, 0.15) is 40.5 Å². The normalized spacial score (nSPS) is 11.8. The number of nitrogens with one attached hydrogen (secondary N) is 2. The molecule has 0 aromatic rings. The summed E-state index contributed by atoms with van der Waals surface area (Å²) >= 11 is 0. The molecule has 0 radical (unpaired) electrons. The van der Waals surface area contributed by atoms with Crippen LogP contribution in [-0.2, 0) is 9.59 Å². The van der Waals surface area contributed by atoms with Crippen molar-refractivity contribution in [3.63, 3.8) is 0 Å². The maximum absolute atomic E-state index is 11.6. The van der Waals surface area contributed by atoms with Gasteiger partial charge in [0, 0.05) is 13.0 Å². The predicted molar refractivity (Wildman–Crippen MR) is 70.5 cm³/mol. The molecule has 0 unspecified atom stereocenters. The summed E-state index contributed by atoms with van der Waals surface area (Å²) in [6.45, 7) is 6.68. The molecule has 0 aliphatic rings. The number of carboxylic acids is 1. The van der Waals surface area contributed by atoms with E-state index in [2.05, 4.69) is 10.6 Å². The molecule has 0 bridgehead atoms. The molecule has 3 amide bonds. The van der Waals surface area contributed by atoms with Gasteiger partial charge in [-0.3, -0.25) is 9.59 Å². The average Bonchev–Trinajstić information content (AvgIpc) is 2.23. The van der Waals surface area contributed by atoms with Crippen LogP contribution in [0.25, 0.3) is 0 Å². The zero-order valence-electron chi connectivity index (χ0n) is 11.9. The van der Waals surface area contributed by atoms with Crippen molar-refractivity contribution in [2.24, 2.45) is 11.1 Å². The molecular formula is C12H23N3O4. The van der Waals surface area contributed by atoms with Crippen LogP contribution in [0.4, 0.5) is 4.79 Å². The van der Waals surface area contributed by atoms with Crippen LogP contribution in [0.3, 0.4) is 0 Å². The zero-order chi connectivity index (χ0) is 15.3. The highest BCUT2D eigenvalue weighted by molar-refractivity contribution is 5.79. The Morgan fingerprint density at radius 2 is 1.68 bits per heavy atom. The lowest BCUT2D eigenvalue weighted by Gasteiger charge is -2.38. The molecule has 0 fully saturated rings. The van der Waals surface area contributed by atoms with Crippen molar-refractivity contribution in [1.29, 1.82) is 0 Å². The Bertz CT molecular complexity index is 364. The van der Waals surface area contributed by atoms with E-state index in [1.807, 2.05) is 0 Å². The van der Waals surface area contributed by atoms with Gasteiger partial charge in [-0.25, -0.2) is 4.79 Å². The number of primary amides is 1. The van der Waals surface area contributed by atoms with Crippen LogP contribution < -0.4 is 16.4 Å².